The molecule has 3 amide bonds. The van der Waals surface area contributed by atoms with Crippen molar-refractivity contribution in [3.8, 4) is 0 Å². The summed E-state index contributed by atoms with van der Waals surface area (Å²) in [5.41, 5.74) is 1.17. The molecule has 0 aliphatic carbocycles. The van der Waals surface area contributed by atoms with Gasteiger partial charge in [0.2, 0.25) is 27.7 Å². The third kappa shape index (κ3) is 5.40. The highest BCUT2D eigenvalue weighted by atomic mass is 35.5. The van der Waals surface area contributed by atoms with Gasteiger partial charge in [0.1, 0.15) is 17.6 Å². The highest BCUT2D eigenvalue weighted by Crippen LogP contribution is 2.53. The van der Waals surface area contributed by atoms with Crippen molar-refractivity contribution in [3.05, 3.63) is 104 Å². The van der Waals surface area contributed by atoms with E-state index < -0.39 is 62.1 Å². The first-order valence-electron chi connectivity index (χ1n) is 12.6. The average molecular weight is 659 g/mol. The number of nitrogens with one attached hydrogen (secondary N) is 1. The highest BCUT2D eigenvalue weighted by Gasteiger charge is 2.56. The minimum atomic E-state index is -3.92. The summed E-state index contributed by atoms with van der Waals surface area (Å²) in [6.07, 6.45) is 0. The van der Waals surface area contributed by atoms with Crippen LogP contribution in [0.1, 0.15) is 16.4 Å². The number of anilines is 2. The number of hydrogen-bond acceptors (Lipinski definition) is 8. The van der Waals surface area contributed by atoms with Gasteiger partial charge in [0.15, 0.2) is 0 Å². The fourth-order valence-corrected chi connectivity index (χ4v) is 8.62. The lowest BCUT2D eigenvalue weighted by molar-refractivity contribution is -0.122. The Kier molecular flexibility index (Phi) is 7.50. The van der Waals surface area contributed by atoms with Crippen molar-refractivity contribution in [2.75, 3.05) is 10.2 Å². The zero-order valence-corrected chi connectivity index (χ0v) is 25.0. The molecule has 2 unspecified atom stereocenters. The normalized spacial score (nSPS) is 19.7. The summed E-state index contributed by atoms with van der Waals surface area (Å²) >= 11 is 7.91. The van der Waals surface area contributed by atoms with Gasteiger partial charge in [0.25, 0.3) is 0 Å². The Bertz CT molecular complexity index is 1940. The van der Waals surface area contributed by atoms with Crippen molar-refractivity contribution >= 4 is 73.8 Å². The summed E-state index contributed by atoms with van der Waals surface area (Å²) in [4.78, 5) is 54.8. The summed E-state index contributed by atoms with van der Waals surface area (Å²) in [6, 6.07) is 17.0. The molecule has 0 bridgehead atoms. The number of hydrogen-bond donors (Lipinski definition) is 2. The van der Waals surface area contributed by atoms with Crippen LogP contribution in [0.4, 0.5) is 15.8 Å². The molecule has 2 aliphatic rings. The van der Waals surface area contributed by atoms with Crippen LogP contribution in [0.2, 0.25) is 5.02 Å². The lowest BCUT2D eigenvalue weighted by atomic mass is 9.83. The van der Waals surface area contributed by atoms with Crippen LogP contribution in [0.3, 0.4) is 0 Å². The van der Waals surface area contributed by atoms with Gasteiger partial charge in [-0.2, -0.15) is 0 Å². The first-order chi connectivity index (χ1) is 20.4. The Morgan fingerprint density at radius 2 is 1.60 bits per heavy atom. The molecule has 3 N–H and O–H groups in total. The Labute approximate surface area is 257 Å². The first kappa shape index (κ1) is 29.3. The molecule has 4 aromatic rings. The number of thiazole rings is 1. The third-order valence-corrected chi connectivity index (χ3v) is 10.9. The number of carbonyl (C=O) groups excluding carboxylic acids is 3. The minimum absolute atomic E-state index is 0.130. The summed E-state index contributed by atoms with van der Waals surface area (Å²) in [5.74, 6) is -3.64. The van der Waals surface area contributed by atoms with E-state index in [1.807, 2.05) is 0 Å². The third-order valence-electron chi connectivity index (χ3n) is 7.13. The van der Waals surface area contributed by atoms with Crippen LogP contribution in [-0.4, -0.2) is 36.0 Å². The van der Waals surface area contributed by atoms with Gasteiger partial charge in [-0.1, -0.05) is 46.8 Å². The van der Waals surface area contributed by atoms with Crippen LogP contribution in [0, 0.1) is 11.7 Å². The smallest absolute Gasteiger partial charge is 0.308 e. The molecule has 43 heavy (non-hydrogen) atoms. The van der Waals surface area contributed by atoms with E-state index in [1.54, 1.807) is 24.3 Å². The second-order valence-corrected chi connectivity index (χ2v) is 13.9. The van der Waals surface area contributed by atoms with Crippen LogP contribution >= 0.6 is 34.7 Å². The molecular formula is C28H20ClFN4O6S3. The van der Waals surface area contributed by atoms with E-state index in [0.29, 0.717) is 26.2 Å². The van der Waals surface area contributed by atoms with Gasteiger partial charge < -0.3 is 5.32 Å². The number of carbonyl (C=O) groups is 3. The number of rotatable bonds is 6. The molecule has 3 aromatic carbocycles. The number of halogens is 2. The largest absolute Gasteiger partial charge is 0.325 e. The Balaban J connectivity index is 1.36. The first-order valence-corrected chi connectivity index (χ1v) is 16.3. The number of sulfonamides is 1. The zero-order chi connectivity index (χ0) is 30.6. The number of imide groups is 1. The fourth-order valence-electron chi connectivity index (χ4n) is 5.20. The quantitative estimate of drug-likeness (QED) is 0.300. The molecule has 220 valence electrons. The molecular weight excluding hydrogens is 639 g/mol. The number of thioether (sulfide) groups is 1. The molecule has 15 heteroatoms. The Morgan fingerprint density at radius 1 is 0.953 bits per heavy atom. The van der Waals surface area contributed by atoms with Gasteiger partial charge in [-0.3, -0.25) is 23.7 Å². The van der Waals surface area contributed by atoms with Crippen LogP contribution in [0.25, 0.3) is 0 Å². The van der Waals surface area contributed by atoms with E-state index >= 15 is 0 Å². The number of nitrogens with zero attached hydrogens (tertiary/aromatic N) is 2. The standard InChI is InChI=1S/C28H20ClFN4O6S3/c29-15-3-9-18(10-4-15)34-25(36)22-21(14-1-5-16(30)6-2-14)24-27(41-23(22)26(34)37)33(28(38)42-24)13-20(35)32-17-7-11-19(12-8-17)43(31,39)40/h1-12,21-23H,13H2,(H,32,35)(H2,31,39,40)/t21-,22?,23?/m0/s1. The average Bonchev–Trinajstić information content (AvgIpc) is 3.40. The van der Waals surface area contributed by atoms with Crippen LogP contribution < -0.4 is 20.2 Å². The molecule has 3 atom stereocenters. The van der Waals surface area contributed by atoms with Crippen molar-refractivity contribution in [1.82, 2.24) is 4.57 Å². The van der Waals surface area contributed by atoms with E-state index in [0.717, 1.165) is 28.0 Å². The summed E-state index contributed by atoms with van der Waals surface area (Å²) in [5, 5.41) is 7.62. The molecule has 1 saturated heterocycles. The van der Waals surface area contributed by atoms with Crippen LogP contribution in [0.15, 0.2) is 87.5 Å². The number of aromatic nitrogens is 1. The van der Waals surface area contributed by atoms with Crippen molar-refractivity contribution in [3.63, 3.8) is 0 Å². The monoisotopic (exact) mass is 658 g/mol. The zero-order valence-electron chi connectivity index (χ0n) is 21.8. The molecule has 6 rings (SSSR count). The molecule has 1 fully saturated rings. The van der Waals surface area contributed by atoms with Crippen LogP contribution in [0.5, 0.6) is 0 Å². The molecule has 0 radical (unpaired) electrons. The van der Waals surface area contributed by atoms with Gasteiger partial charge in [0, 0.05) is 21.5 Å². The van der Waals surface area contributed by atoms with Gasteiger partial charge in [-0.05, 0) is 66.2 Å². The maximum absolute atomic E-state index is 13.9. The van der Waals surface area contributed by atoms with Crippen molar-refractivity contribution < 1.29 is 27.2 Å². The predicted octanol–water partition coefficient (Wildman–Crippen LogP) is 3.78. The van der Waals surface area contributed by atoms with Crippen LogP contribution in [-0.2, 0) is 31.0 Å². The number of benzene rings is 3. The minimum Gasteiger partial charge on any atom is -0.325 e. The molecule has 2 aliphatic heterocycles. The fraction of sp³-hybridized carbons (Fsp3) is 0.143. The van der Waals surface area contributed by atoms with Gasteiger partial charge in [0.05, 0.1) is 21.5 Å². The van der Waals surface area contributed by atoms with Gasteiger partial charge in [-0.25, -0.2) is 22.8 Å². The highest BCUT2D eigenvalue weighted by molar-refractivity contribution is 8.00. The second-order valence-electron chi connectivity index (χ2n) is 9.82. The molecule has 3 heterocycles. The topological polar surface area (TPSA) is 149 Å². The van der Waals surface area contributed by atoms with E-state index in [-0.39, 0.29) is 10.6 Å². The number of primary sulfonamides is 1. The Morgan fingerprint density at radius 3 is 2.23 bits per heavy atom. The lowest BCUT2D eigenvalue weighted by Crippen LogP contribution is -2.33. The molecule has 1 aromatic heterocycles. The number of fused-ring (bicyclic) bond motifs is 2. The summed E-state index contributed by atoms with van der Waals surface area (Å²) < 4.78 is 38.1. The van der Waals surface area contributed by atoms with E-state index in [2.05, 4.69) is 5.32 Å². The molecule has 0 spiro atoms. The van der Waals surface area contributed by atoms with E-state index in [4.69, 9.17) is 16.7 Å². The molecule has 10 nitrogen and oxygen atoms in total. The Hall–Kier alpha value is -3.82. The van der Waals surface area contributed by atoms with Crippen molar-refractivity contribution in [1.29, 1.82) is 0 Å². The lowest BCUT2D eigenvalue weighted by Gasteiger charge is -2.30. The maximum Gasteiger partial charge on any atom is 0.308 e. The van der Waals surface area contributed by atoms with Crippen molar-refractivity contribution in [2.45, 2.75) is 27.6 Å². The summed E-state index contributed by atoms with van der Waals surface area (Å²) in [7, 11) is -3.92. The second kappa shape index (κ2) is 11.0. The number of nitrogens with two attached hydrogens (primary N) is 1. The van der Waals surface area contributed by atoms with Gasteiger partial charge in [-0.15, -0.1) is 0 Å². The SMILES string of the molecule is NS(=O)(=O)c1ccc(NC(=O)Cn2c3c(sc2=O)[C@@H](c2ccc(F)cc2)C2C(=O)N(c4ccc(Cl)cc4)C(=O)C2S3)cc1. The van der Waals surface area contributed by atoms with Gasteiger partial charge >= 0.3 is 4.87 Å². The molecule has 0 saturated carbocycles. The maximum atomic E-state index is 13.9. The van der Waals surface area contributed by atoms with Crippen molar-refractivity contribution in [2.24, 2.45) is 11.1 Å². The number of amides is 3. The summed E-state index contributed by atoms with van der Waals surface area (Å²) in [6.45, 7) is -0.412. The predicted molar refractivity (Wildman–Crippen MR) is 160 cm³/mol. The van der Waals surface area contributed by atoms with E-state index in [1.165, 1.54) is 53.1 Å². The van der Waals surface area contributed by atoms with E-state index in [9.17, 15) is 32.0 Å².